The lowest BCUT2D eigenvalue weighted by atomic mass is 9.67. The Morgan fingerprint density at radius 2 is 1.81 bits per heavy atom. The summed E-state index contributed by atoms with van der Waals surface area (Å²) in [6.45, 7) is 1.80. The first-order valence-electron chi connectivity index (χ1n) is 6.88. The molecular formula is C15H17NO5. The molecule has 3 rings (SSSR count). The Labute approximate surface area is 122 Å². The summed E-state index contributed by atoms with van der Waals surface area (Å²) in [5, 5.41) is 39.8. The number of hydrogen-bond acceptors (Lipinski definition) is 6. The van der Waals surface area contributed by atoms with Crippen LogP contribution in [0.25, 0.3) is 0 Å². The zero-order valence-electron chi connectivity index (χ0n) is 11.5. The van der Waals surface area contributed by atoms with Gasteiger partial charge in [0, 0.05) is 11.8 Å². The molecule has 1 aliphatic carbocycles. The van der Waals surface area contributed by atoms with E-state index in [1.807, 2.05) is 6.07 Å². The molecule has 0 spiro atoms. The average Bonchev–Trinajstić information content (AvgIpc) is 2.96. The normalized spacial score (nSPS) is 38.0. The van der Waals surface area contributed by atoms with Gasteiger partial charge in [-0.3, -0.25) is 0 Å². The summed E-state index contributed by atoms with van der Waals surface area (Å²) in [6, 6.07) is 7.21. The Kier molecular flexibility index (Phi) is 3.49. The van der Waals surface area contributed by atoms with Crippen LogP contribution in [0.3, 0.4) is 0 Å². The monoisotopic (exact) mass is 291 g/mol. The number of benzene rings is 1. The Hall–Kier alpha value is -1.81. The number of aliphatic hydroxyl groups is 3. The van der Waals surface area contributed by atoms with Crippen LogP contribution in [0.15, 0.2) is 18.2 Å². The molecule has 0 unspecified atom stereocenters. The standard InChI is InChI=1S/C15H17NO5/c1-7-13(17)12(9(5-16)15(19)14(7)18)8-2-3-10-11(4-8)21-6-20-10/h2-4,7,9,12-15,17-19H,6H2,1H3/t7-,9+,12+,13-,14+,15-/m0/s1. The van der Waals surface area contributed by atoms with Crippen molar-refractivity contribution in [1.82, 2.24) is 0 Å². The van der Waals surface area contributed by atoms with Crippen molar-refractivity contribution in [3.63, 3.8) is 0 Å². The molecule has 0 saturated heterocycles. The SMILES string of the molecule is C[C@@H]1[C@@H](O)[C@@H](O)[C@H](C#N)[C@@H](c2ccc3c(c2)OCO3)[C@H]1O. The van der Waals surface area contributed by atoms with Gasteiger partial charge in [-0.2, -0.15) is 5.26 Å². The lowest BCUT2D eigenvalue weighted by molar-refractivity contribution is -0.117. The van der Waals surface area contributed by atoms with Crippen LogP contribution in [-0.4, -0.2) is 40.4 Å². The van der Waals surface area contributed by atoms with Crippen molar-refractivity contribution >= 4 is 0 Å². The highest BCUT2D eigenvalue weighted by Gasteiger charge is 2.48. The molecule has 112 valence electrons. The summed E-state index contributed by atoms with van der Waals surface area (Å²) in [5.74, 6) is -0.819. The van der Waals surface area contributed by atoms with Crippen LogP contribution >= 0.6 is 0 Å². The minimum Gasteiger partial charge on any atom is -0.454 e. The van der Waals surface area contributed by atoms with E-state index in [-0.39, 0.29) is 6.79 Å². The molecular weight excluding hydrogens is 274 g/mol. The molecule has 1 saturated carbocycles. The molecule has 6 nitrogen and oxygen atoms in total. The average molecular weight is 291 g/mol. The smallest absolute Gasteiger partial charge is 0.231 e. The molecule has 1 aromatic rings. The third kappa shape index (κ3) is 2.14. The van der Waals surface area contributed by atoms with Gasteiger partial charge in [0.1, 0.15) is 0 Å². The molecule has 6 heteroatoms. The van der Waals surface area contributed by atoms with E-state index in [1.165, 1.54) is 0 Å². The molecule has 0 amide bonds. The van der Waals surface area contributed by atoms with E-state index in [9.17, 15) is 20.6 Å². The second-order valence-corrected chi connectivity index (χ2v) is 5.62. The van der Waals surface area contributed by atoms with Gasteiger partial charge in [-0.1, -0.05) is 13.0 Å². The zero-order valence-corrected chi connectivity index (χ0v) is 11.5. The van der Waals surface area contributed by atoms with Gasteiger partial charge in [0.2, 0.25) is 6.79 Å². The molecule has 2 aliphatic rings. The summed E-state index contributed by atoms with van der Waals surface area (Å²) in [6.07, 6.45) is -3.23. The van der Waals surface area contributed by atoms with E-state index in [2.05, 4.69) is 0 Å². The van der Waals surface area contributed by atoms with Crippen LogP contribution in [0.1, 0.15) is 18.4 Å². The van der Waals surface area contributed by atoms with Gasteiger partial charge in [0.15, 0.2) is 11.5 Å². The summed E-state index contributed by atoms with van der Waals surface area (Å²) in [4.78, 5) is 0. The summed E-state index contributed by atoms with van der Waals surface area (Å²) in [7, 11) is 0. The fourth-order valence-corrected chi connectivity index (χ4v) is 3.16. The van der Waals surface area contributed by atoms with Crippen molar-refractivity contribution in [3.05, 3.63) is 23.8 Å². The molecule has 0 aromatic heterocycles. The van der Waals surface area contributed by atoms with E-state index in [0.29, 0.717) is 17.1 Å². The van der Waals surface area contributed by atoms with E-state index in [0.717, 1.165) is 0 Å². The quantitative estimate of drug-likeness (QED) is 0.691. The number of ether oxygens (including phenoxy) is 2. The van der Waals surface area contributed by atoms with E-state index in [1.54, 1.807) is 25.1 Å². The fraction of sp³-hybridized carbons (Fsp3) is 0.533. The van der Waals surface area contributed by atoms with Gasteiger partial charge >= 0.3 is 0 Å². The van der Waals surface area contributed by atoms with Gasteiger partial charge in [-0.15, -0.1) is 0 Å². The fourth-order valence-electron chi connectivity index (χ4n) is 3.16. The Balaban J connectivity index is 2.00. The highest BCUT2D eigenvalue weighted by atomic mass is 16.7. The summed E-state index contributed by atoms with van der Waals surface area (Å²) < 4.78 is 10.6. The van der Waals surface area contributed by atoms with Crippen LogP contribution in [0, 0.1) is 23.2 Å². The van der Waals surface area contributed by atoms with Gasteiger partial charge < -0.3 is 24.8 Å². The topological polar surface area (TPSA) is 103 Å². The van der Waals surface area contributed by atoms with Crippen LogP contribution in [0.5, 0.6) is 11.5 Å². The molecule has 0 radical (unpaired) electrons. The van der Waals surface area contributed by atoms with Gasteiger partial charge in [0.25, 0.3) is 0 Å². The second kappa shape index (κ2) is 5.19. The molecule has 6 atom stereocenters. The number of aliphatic hydroxyl groups excluding tert-OH is 3. The van der Waals surface area contributed by atoms with Crippen molar-refractivity contribution in [1.29, 1.82) is 5.26 Å². The number of nitrogens with zero attached hydrogens (tertiary/aromatic N) is 1. The maximum atomic E-state index is 10.4. The maximum Gasteiger partial charge on any atom is 0.231 e. The summed E-state index contributed by atoms with van der Waals surface area (Å²) >= 11 is 0. The zero-order chi connectivity index (χ0) is 15.1. The third-order valence-electron chi connectivity index (χ3n) is 4.48. The number of nitriles is 1. The van der Waals surface area contributed by atoms with Crippen LogP contribution in [0.4, 0.5) is 0 Å². The Morgan fingerprint density at radius 1 is 1.10 bits per heavy atom. The van der Waals surface area contributed by atoms with Gasteiger partial charge in [-0.05, 0) is 17.7 Å². The summed E-state index contributed by atoms with van der Waals surface area (Å²) in [5.41, 5.74) is 0.691. The lowest BCUT2D eigenvalue weighted by Crippen LogP contribution is -2.52. The minimum absolute atomic E-state index is 0.144. The van der Waals surface area contributed by atoms with Crippen molar-refractivity contribution in [2.75, 3.05) is 6.79 Å². The number of hydrogen-bond donors (Lipinski definition) is 3. The largest absolute Gasteiger partial charge is 0.454 e. The maximum absolute atomic E-state index is 10.4. The highest BCUT2D eigenvalue weighted by Crippen LogP contribution is 2.43. The first kappa shape index (κ1) is 14.1. The molecule has 0 bridgehead atoms. The number of rotatable bonds is 1. The highest BCUT2D eigenvalue weighted by molar-refractivity contribution is 5.46. The second-order valence-electron chi connectivity index (χ2n) is 5.62. The predicted octanol–water partition coefficient (Wildman–Crippen LogP) is 0.371. The van der Waals surface area contributed by atoms with E-state index in [4.69, 9.17) is 9.47 Å². The van der Waals surface area contributed by atoms with Crippen LogP contribution in [0.2, 0.25) is 0 Å². The molecule has 1 aliphatic heterocycles. The number of fused-ring (bicyclic) bond motifs is 1. The van der Waals surface area contributed by atoms with E-state index < -0.39 is 36.1 Å². The van der Waals surface area contributed by atoms with Crippen molar-refractivity contribution in [2.45, 2.75) is 31.2 Å². The van der Waals surface area contributed by atoms with Crippen molar-refractivity contribution < 1.29 is 24.8 Å². The first-order valence-corrected chi connectivity index (χ1v) is 6.88. The van der Waals surface area contributed by atoms with Crippen molar-refractivity contribution in [3.8, 4) is 17.6 Å². The third-order valence-corrected chi connectivity index (χ3v) is 4.48. The molecule has 1 aromatic carbocycles. The van der Waals surface area contributed by atoms with E-state index >= 15 is 0 Å². The van der Waals surface area contributed by atoms with Gasteiger partial charge in [-0.25, -0.2) is 0 Å². The lowest BCUT2D eigenvalue weighted by Gasteiger charge is -2.42. The van der Waals surface area contributed by atoms with Crippen molar-refractivity contribution in [2.24, 2.45) is 11.8 Å². The van der Waals surface area contributed by atoms with Gasteiger partial charge in [0.05, 0.1) is 30.3 Å². The minimum atomic E-state index is -1.19. The molecule has 1 fully saturated rings. The molecule has 21 heavy (non-hydrogen) atoms. The molecule has 3 N–H and O–H groups in total. The van der Waals surface area contributed by atoms with Crippen LogP contribution < -0.4 is 9.47 Å². The van der Waals surface area contributed by atoms with Crippen LogP contribution in [-0.2, 0) is 0 Å². The predicted molar refractivity (Wildman–Crippen MR) is 71.6 cm³/mol. The Bertz CT molecular complexity index is 584. The first-order chi connectivity index (χ1) is 10.0. The Morgan fingerprint density at radius 3 is 2.52 bits per heavy atom. The molecule has 1 heterocycles.